The zero-order chi connectivity index (χ0) is 14.5. The van der Waals surface area contributed by atoms with Gasteiger partial charge in [-0.15, -0.1) is 5.10 Å². The summed E-state index contributed by atoms with van der Waals surface area (Å²) in [6.45, 7) is 7.99. The molecule has 0 bridgehead atoms. The Kier molecular flexibility index (Phi) is 4.74. The van der Waals surface area contributed by atoms with E-state index in [0.717, 1.165) is 17.9 Å². The molecule has 0 aliphatic rings. The van der Waals surface area contributed by atoms with Crippen LogP contribution in [0.25, 0.3) is 0 Å². The van der Waals surface area contributed by atoms with Crippen LogP contribution in [0.4, 0.5) is 0 Å². The van der Waals surface area contributed by atoms with Gasteiger partial charge in [0.15, 0.2) is 0 Å². The quantitative estimate of drug-likeness (QED) is 0.875. The topological polar surface area (TPSA) is 66.0 Å². The van der Waals surface area contributed by atoms with E-state index < -0.39 is 0 Å². The monoisotopic (exact) mass is 274 g/mol. The van der Waals surface area contributed by atoms with Gasteiger partial charge in [-0.1, -0.05) is 29.8 Å². The first-order valence-electron chi connectivity index (χ1n) is 6.96. The molecular weight excluding hydrogens is 252 g/mol. The summed E-state index contributed by atoms with van der Waals surface area (Å²) in [4.78, 5) is 0. The first-order valence-corrected chi connectivity index (χ1v) is 6.96. The Balaban J connectivity index is 2.16. The normalized spacial score (nSPS) is 10.8. The van der Waals surface area contributed by atoms with Gasteiger partial charge in [-0.05, 0) is 31.4 Å². The highest BCUT2D eigenvalue weighted by Crippen LogP contribution is 2.26. The van der Waals surface area contributed by atoms with Gasteiger partial charge in [0.25, 0.3) is 0 Å². The van der Waals surface area contributed by atoms with Gasteiger partial charge in [0.2, 0.25) is 0 Å². The number of rotatable bonds is 6. The maximum atomic E-state index is 6.00. The molecule has 2 rings (SSSR count). The van der Waals surface area contributed by atoms with Crippen molar-refractivity contribution in [2.45, 2.75) is 40.3 Å². The van der Waals surface area contributed by atoms with E-state index in [9.17, 15) is 0 Å². The Morgan fingerprint density at radius 2 is 2.10 bits per heavy atom. The standard InChI is InChI=1S/C15H22N4O/c1-4-13-8-11(2)7-12(3)15(13)20-10-14-9-17-18-19(14)6-5-16/h7-9H,4-6,10,16H2,1-3H3. The van der Waals surface area contributed by atoms with Gasteiger partial charge in [-0.25, -0.2) is 4.68 Å². The van der Waals surface area contributed by atoms with Crippen LogP contribution < -0.4 is 10.5 Å². The van der Waals surface area contributed by atoms with Crippen LogP contribution in [0, 0.1) is 13.8 Å². The number of nitrogens with two attached hydrogens (primary N) is 1. The van der Waals surface area contributed by atoms with Crippen molar-refractivity contribution in [1.29, 1.82) is 0 Å². The molecule has 0 aliphatic carbocycles. The lowest BCUT2D eigenvalue weighted by molar-refractivity contribution is 0.287. The second-order valence-corrected chi connectivity index (χ2v) is 4.95. The van der Waals surface area contributed by atoms with Gasteiger partial charge >= 0.3 is 0 Å². The Hall–Kier alpha value is -1.88. The summed E-state index contributed by atoms with van der Waals surface area (Å²) in [6, 6.07) is 4.32. The Morgan fingerprint density at radius 1 is 1.30 bits per heavy atom. The molecule has 2 aromatic rings. The minimum Gasteiger partial charge on any atom is -0.487 e. The zero-order valence-corrected chi connectivity index (χ0v) is 12.4. The molecule has 0 radical (unpaired) electrons. The van der Waals surface area contributed by atoms with Crippen molar-refractivity contribution in [2.24, 2.45) is 5.73 Å². The molecule has 5 nitrogen and oxygen atoms in total. The predicted octanol–water partition coefficient (Wildman–Crippen LogP) is 2.00. The fourth-order valence-electron chi connectivity index (χ4n) is 2.36. The Labute approximate surface area is 119 Å². The molecule has 0 aliphatic heterocycles. The molecular formula is C15H22N4O. The van der Waals surface area contributed by atoms with Crippen LogP contribution in [-0.2, 0) is 19.6 Å². The number of nitrogens with zero attached hydrogens (tertiary/aromatic N) is 3. The number of ether oxygens (including phenoxy) is 1. The van der Waals surface area contributed by atoms with E-state index in [4.69, 9.17) is 10.5 Å². The average molecular weight is 274 g/mol. The van der Waals surface area contributed by atoms with Gasteiger partial charge in [0.1, 0.15) is 12.4 Å². The van der Waals surface area contributed by atoms with E-state index in [-0.39, 0.29) is 0 Å². The molecule has 1 heterocycles. The van der Waals surface area contributed by atoms with Crippen molar-refractivity contribution < 1.29 is 4.74 Å². The molecule has 0 fully saturated rings. The summed E-state index contributed by atoms with van der Waals surface area (Å²) in [7, 11) is 0. The van der Waals surface area contributed by atoms with E-state index in [1.807, 2.05) is 0 Å². The van der Waals surface area contributed by atoms with E-state index >= 15 is 0 Å². The zero-order valence-electron chi connectivity index (χ0n) is 12.4. The van der Waals surface area contributed by atoms with Gasteiger partial charge in [0.05, 0.1) is 18.4 Å². The van der Waals surface area contributed by atoms with Crippen molar-refractivity contribution in [1.82, 2.24) is 15.0 Å². The van der Waals surface area contributed by atoms with Crippen LogP contribution in [0.2, 0.25) is 0 Å². The van der Waals surface area contributed by atoms with Gasteiger partial charge in [0, 0.05) is 6.54 Å². The average Bonchev–Trinajstić information content (AvgIpc) is 2.85. The SMILES string of the molecule is CCc1cc(C)cc(C)c1OCc1cnnn1CCN. The second-order valence-electron chi connectivity index (χ2n) is 4.95. The third-order valence-electron chi connectivity index (χ3n) is 3.28. The molecule has 20 heavy (non-hydrogen) atoms. The van der Waals surface area contributed by atoms with Gasteiger partial charge in [-0.3, -0.25) is 0 Å². The lowest BCUT2D eigenvalue weighted by atomic mass is 10.0. The van der Waals surface area contributed by atoms with Crippen molar-refractivity contribution >= 4 is 0 Å². The fraction of sp³-hybridized carbons (Fsp3) is 0.467. The van der Waals surface area contributed by atoms with E-state index in [0.29, 0.717) is 19.7 Å². The first kappa shape index (κ1) is 14.5. The minimum atomic E-state index is 0.462. The fourth-order valence-corrected chi connectivity index (χ4v) is 2.36. The molecule has 0 unspecified atom stereocenters. The van der Waals surface area contributed by atoms with E-state index in [2.05, 4.69) is 43.2 Å². The summed E-state index contributed by atoms with van der Waals surface area (Å²) in [5.74, 6) is 0.971. The second kappa shape index (κ2) is 6.52. The predicted molar refractivity (Wildman–Crippen MR) is 78.7 cm³/mol. The van der Waals surface area contributed by atoms with Crippen molar-refractivity contribution in [3.8, 4) is 5.75 Å². The number of benzene rings is 1. The third kappa shape index (κ3) is 3.17. The highest BCUT2D eigenvalue weighted by atomic mass is 16.5. The highest BCUT2D eigenvalue weighted by molar-refractivity contribution is 5.43. The van der Waals surface area contributed by atoms with Crippen LogP contribution in [0.3, 0.4) is 0 Å². The number of aromatic nitrogens is 3. The summed E-state index contributed by atoms with van der Waals surface area (Å²) in [5, 5.41) is 7.91. The van der Waals surface area contributed by atoms with Crippen LogP contribution in [0.5, 0.6) is 5.75 Å². The molecule has 2 N–H and O–H groups in total. The largest absolute Gasteiger partial charge is 0.487 e. The highest BCUT2D eigenvalue weighted by Gasteiger charge is 2.10. The summed E-state index contributed by atoms with van der Waals surface area (Å²) < 4.78 is 7.79. The summed E-state index contributed by atoms with van der Waals surface area (Å²) in [6.07, 6.45) is 2.68. The van der Waals surface area contributed by atoms with Gasteiger partial charge < -0.3 is 10.5 Å². The van der Waals surface area contributed by atoms with Crippen molar-refractivity contribution in [3.05, 3.63) is 40.7 Å². The molecule has 0 saturated heterocycles. The van der Waals surface area contributed by atoms with E-state index in [1.165, 1.54) is 16.7 Å². The molecule has 0 atom stereocenters. The van der Waals surface area contributed by atoms with Crippen molar-refractivity contribution in [2.75, 3.05) is 6.54 Å². The van der Waals surface area contributed by atoms with Crippen molar-refractivity contribution in [3.63, 3.8) is 0 Å². The molecule has 108 valence electrons. The van der Waals surface area contributed by atoms with Crippen LogP contribution in [0.1, 0.15) is 29.3 Å². The maximum absolute atomic E-state index is 6.00. The Bertz CT molecular complexity index is 577. The molecule has 1 aromatic heterocycles. The summed E-state index contributed by atoms with van der Waals surface area (Å²) >= 11 is 0. The van der Waals surface area contributed by atoms with Crippen LogP contribution in [0.15, 0.2) is 18.3 Å². The molecule has 1 aromatic carbocycles. The number of aryl methyl sites for hydroxylation is 3. The lowest BCUT2D eigenvalue weighted by Gasteiger charge is -2.14. The number of hydrogen-bond acceptors (Lipinski definition) is 4. The summed E-state index contributed by atoms with van der Waals surface area (Å²) in [5.41, 5.74) is 10.2. The smallest absolute Gasteiger partial charge is 0.132 e. The Morgan fingerprint density at radius 3 is 2.80 bits per heavy atom. The molecule has 0 saturated carbocycles. The maximum Gasteiger partial charge on any atom is 0.132 e. The first-order chi connectivity index (χ1) is 9.65. The van der Waals surface area contributed by atoms with Crippen LogP contribution in [-0.4, -0.2) is 21.5 Å². The molecule has 0 amide bonds. The lowest BCUT2D eigenvalue weighted by Crippen LogP contribution is -2.15. The van der Waals surface area contributed by atoms with E-state index in [1.54, 1.807) is 10.9 Å². The third-order valence-corrected chi connectivity index (χ3v) is 3.28. The number of hydrogen-bond donors (Lipinski definition) is 1. The van der Waals surface area contributed by atoms with Gasteiger partial charge in [-0.2, -0.15) is 0 Å². The minimum absolute atomic E-state index is 0.462. The molecule has 5 heteroatoms. The van der Waals surface area contributed by atoms with Crippen LogP contribution >= 0.6 is 0 Å². The molecule has 0 spiro atoms.